The molecule has 0 bridgehead atoms. The smallest absolute Gasteiger partial charge is 0.328 e. The summed E-state index contributed by atoms with van der Waals surface area (Å²) in [6.45, 7) is 6.73. The molecule has 1 N–H and O–H groups in total. The van der Waals surface area contributed by atoms with Crippen molar-refractivity contribution in [2.75, 3.05) is 0 Å². The summed E-state index contributed by atoms with van der Waals surface area (Å²) in [5, 5.41) is 8.59. The van der Waals surface area contributed by atoms with Gasteiger partial charge in [-0.05, 0) is 30.5 Å². The first-order valence-corrected chi connectivity index (χ1v) is 6.12. The van der Waals surface area contributed by atoms with E-state index in [1.807, 2.05) is 26.8 Å². The summed E-state index contributed by atoms with van der Waals surface area (Å²) in [6.07, 6.45) is 3.20. The average Bonchev–Trinajstić information content (AvgIpc) is 2.29. The molecule has 1 rings (SSSR count). The molecule has 1 heterocycles. The van der Waals surface area contributed by atoms with Crippen LogP contribution < -0.4 is 5.56 Å². The maximum absolute atomic E-state index is 12.2. The summed E-state index contributed by atoms with van der Waals surface area (Å²) in [5.41, 5.74) is 1.27. The van der Waals surface area contributed by atoms with Gasteiger partial charge >= 0.3 is 5.97 Å². The molecule has 0 fully saturated rings. The molecule has 0 saturated heterocycles. The first-order chi connectivity index (χ1) is 8.47. The van der Waals surface area contributed by atoms with Crippen molar-refractivity contribution in [2.24, 2.45) is 0 Å². The highest BCUT2D eigenvalue weighted by molar-refractivity contribution is 5.85. The number of rotatable bonds is 5. The van der Waals surface area contributed by atoms with Crippen LogP contribution in [-0.2, 0) is 11.3 Å². The second-order valence-electron chi connectivity index (χ2n) is 4.50. The third-order valence-electron chi connectivity index (χ3n) is 2.68. The highest BCUT2D eigenvalue weighted by Crippen LogP contribution is 2.13. The molecule has 4 nitrogen and oxygen atoms in total. The maximum Gasteiger partial charge on any atom is 0.328 e. The Morgan fingerprint density at radius 1 is 1.44 bits per heavy atom. The van der Waals surface area contributed by atoms with Crippen molar-refractivity contribution in [2.45, 2.75) is 39.7 Å². The quantitative estimate of drug-likeness (QED) is 0.815. The number of aliphatic carboxylic acids is 1. The lowest BCUT2D eigenvalue weighted by Crippen LogP contribution is -2.25. The van der Waals surface area contributed by atoms with Crippen LogP contribution in [0.3, 0.4) is 0 Å². The van der Waals surface area contributed by atoms with E-state index in [0.717, 1.165) is 18.2 Å². The predicted octanol–water partition coefficient (Wildman–Crippen LogP) is 2.48. The lowest BCUT2D eigenvalue weighted by atomic mass is 10.1. The van der Waals surface area contributed by atoms with Crippen molar-refractivity contribution in [3.05, 3.63) is 39.8 Å². The molecule has 0 aliphatic carbocycles. The Bertz CT molecular complexity index is 512. The van der Waals surface area contributed by atoms with Gasteiger partial charge in [0.25, 0.3) is 5.56 Å². The fraction of sp³-hybridized carbons (Fsp3) is 0.429. The normalized spacial score (nSPS) is 11.3. The summed E-state index contributed by atoms with van der Waals surface area (Å²) in [7, 11) is 0. The number of pyridine rings is 1. The number of carboxylic acid groups (broad SMARTS) is 1. The van der Waals surface area contributed by atoms with Crippen LogP contribution >= 0.6 is 0 Å². The van der Waals surface area contributed by atoms with Crippen LogP contribution in [0.25, 0.3) is 6.08 Å². The SMILES string of the molecule is CCCn1c(C(C)C)ccc(/C=C/C(=O)O)c1=O. The highest BCUT2D eigenvalue weighted by atomic mass is 16.4. The van der Waals surface area contributed by atoms with Gasteiger partial charge in [-0.15, -0.1) is 0 Å². The van der Waals surface area contributed by atoms with Crippen molar-refractivity contribution in [3.63, 3.8) is 0 Å². The van der Waals surface area contributed by atoms with Gasteiger partial charge in [0, 0.05) is 23.9 Å². The monoisotopic (exact) mass is 249 g/mol. The van der Waals surface area contributed by atoms with Gasteiger partial charge in [0.05, 0.1) is 0 Å². The van der Waals surface area contributed by atoms with Crippen molar-refractivity contribution in [3.8, 4) is 0 Å². The molecule has 0 aliphatic rings. The van der Waals surface area contributed by atoms with Crippen LogP contribution in [0.4, 0.5) is 0 Å². The zero-order valence-corrected chi connectivity index (χ0v) is 11.0. The van der Waals surface area contributed by atoms with E-state index >= 15 is 0 Å². The van der Waals surface area contributed by atoms with Crippen LogP contribution in [0.1, 0.15) is 44.4 Å². The van der Waals surface area contributed by atoms with Gasteiger partial charge in [0.1, 0.15) is 0 Å². The summed E-state index contributed by atoms with van der Waals surface area (Å²) < 4.78 is 1.73. The summed E-state index contributed by atoms with van der Waals surface area (Å²) in [5.74, 6) is -0.786. The first-order valence-electron chi connectivity index (χ1n) is 6.12. The summed E-state index contributed by atoms with van der Waals surface area (Å²) >= 11 is 0. The molecule has 0 saturated carbocycles. The van der Waals surface area contributed by atoms with E-state index in [1.165, 1.54) is 6.08 Å². The van der Waals surface area contributed by atoms with Crippen molar-refractivity contribution in [1.29, 1.82) is 0 Å². The fourth-order valence-electron chi connectivity index (χ4n) is 1.86. The molecule has 0 spiro atoms. The maximum atomic E-state index is 12.2. The van der Waals surface area contributed by atoms with Crippen LogP contribution in [0.15, 0.2) is 23.0 Å². The van der Waals surface area contributed by atoms with E-state index in [1.54, 1.807) is 10.6 Å². The van der Waals surface area contributed by atoms with E-state index in [4.69, 9.17) is 5.11 Å². The second kappa shape index (κ2) is 6.19. The molecule has 0 aliphatic heterocycles. The molecule has 0 aromatic carbocycles. The minimum Gasteiger partial charge on any atom is -0.478 e. The molecule has 18 heavy (non-hydrogen) atoms. The summed E-state index contributed by atoms with van der Waals surface area (Å²) in [4.78, 5) is 22.7. The Morgan fingerprint density at radius 2 is 2.11 bits per heavy atom. The Hall–Kier alpha value is -1.84. The molecule has 4 heteroatoms. The van der Waals surface area contributed by atoms with Crippen molar-refractivity contribution in [1.82, 2.24) is 4.57 Å². The second-order valence-corrected chi connectivity index (χ2v) is 4.50. The Balaban J connectivity index is 3.30. The molecule has 1 aromatic heterocycles. The van der Waals surface area contributed by atoms with E-state index in [2.05, 4.69) is 0 Å². The van der Waals surface area contributed by atoms with Crippen LogP contribution in [0, 0.1) is 0 Å². The molecule has 0 amide bonds. The van der Waals surface area contributed by atoms with E-state index in [0.29, 0.717) is 12.1 Å². The van der Waals surface area contributed by atoms with Crippen LogP contribution in [0.5, 0.6) is 0 Å². The fourth-order valence-corrected chi connectivity index (χ4v) is 1.86. The van der Waals surface area contributed by atoms with Crippen molar-refractivity contribution < 1.29 is 9.90 Å². The number of nitrogens with zero attached hydrogens (tertiary/aromatic N) is 1. The Morgan fingerprint density at radius 3 is 2.61 bits per heavy atom. The molecule has 1 aromatic rings. The molecular formula is C14H19NO3. The van der Waals surface area contributed by atoms with Gasteiger partial charge in [-0.1, -0.05) is 20.8 Å². The van der Waals surface area contributed by atoms with Gasteiger partial charge in [0.15, 0.2) is 0 Å². The topological polar surface area (TPSA) is 59.3 Å². The highest BCUT2D eigenvalue weighted by Gasteiger charge is 2.09. The molecule has 98 valence electrons. The van der Waals surface area contributed by atoms with Gasteiger partial charge in [-0.2, -0.15) is 0 Å². The molecular weight excluding hydrogens is 230 g/mol. The summed E-state index contributed by atoms with van der Waals surface area (Å²) in [6, 6.07) is 3.58. The Labute approximate surface area is 107 Å². The van der Waals surface area contributed by atoms with E-state index in [-0.39, 0.29) is 11.5 Å². The third kappa shape index (κ3) is 3.32. The zero-order valence-electron chi connectivity index (χ0n) is 11.0. The van der Waals surface area contributed by atoms with Gasteiger partial charge < -0.3 is 9.67 Å². The van der Waals surface area contributed by atoms with Crippen LogP contribution in [-0.4, -0.2) is 15.6 Å². The van der Waals surface area contributed by atoms with Crippen LogP contribution in [0.2, 0.25) is 0 Å². The van der Waals surface area contributed by atoms with Gasteiger partial charge in [-0.25, -0.2) is 4.79 Å². The standard InChI is InChI=1S/C14H19NO3/c1-4-9-15-12(10(2)3)7-5-11(14(15)18)6-8-13(16)17/h5-8,10H,4,9H2,1-3H3,(H,16,17)/b8-6+. The van der Waals surface area contributed by atoms with Crippen molar-refractivity contribution >= 4 is 12.0 Å². The average molecular weight is 249 g/mol. The lowest BCUT2D eigenvalue weighted by molar-refractivity contribution is -0.131. The molecule has 0 radical (unpaired) electrons. The molecule has 0 unspecified atom stereocenters. The number of carbonyl (C=O) groups is 1. The number of hydrogen-bond acceptors (Lipinski definition) is 2. The first kappa shape index (κ1) is 14.2. The lowest BCUT2D eigenvalue weighted by Gasteiger charge is -2.15. The molecule has 0 atom stereocenters. The van der Waals surface area contributed by atoms with E-state index in [9.17, 15) is 9.59 Å². The Kier molecular flexibility index (Phi) is 4.89. The number of carboxylic acids is 1. The predicted molar refractivity (Wildman–Crippen MR) is 71.8 cm³/mol. The minimum absolute atomic E-state index is 0.124. The number of aromatic nitrogens is 1. The third-order valence-corrected chi connectivity index (χ3v) is 2.68. The largest absolute Gasteiger partial charge is 0.478 e. The number of hydrogen-bond donors (Lipinski definition) is 1. The minimum atomic E-state index is -1.05. The van der Waals surface area contributed by atoms with E-state index < -0.39 is 5.97 Å². The zero-order chi connectivity index (χ0) is 13.7. The van der Waals surface area contributed by atoms with Gasteiger partial charge in [0.2, 0.25) is 0 Å². The van der Waals surface area contributed by atoms with Gasteiger partial charge in [-0.3, -0.25) is 4.79 Å².